The standard InChI is InChI=1S/C13H16FNO/c1-10(16)13(8-9-15(2)3)11-4-6-12(14)7-5-11/h4-9,13H,1-3H3. The number of hydrogen-bond acceptors (Lipinski definition) is 2. The van der Waals surface area contributed by atoms with Gasteiger partial charge in [-0.15, -0.1) is 0 Å². The summed E-state index contributed by atoms with van der Waals surface area (Å²) in [5.74, 6) is -0.546. The lowest BCUT2D eigenvalue weighted by atomic mass is 9.95. The van der Waals surface area contributed by atoms with Crippen LogP contribution in [0.1, 0.15) is 18.4 Å². The number of halogens is 1. The van der Waals surface area contributed by atoms with Crippen LogP contribution in [0.4, 0.5) is 4.39 Å². The highest BCUT2D eigenvalue weighted by atomic mass is 19.1. The average Bonchev–Trinajstić information content (AvgIpc) is 2.20. The molecular formula is C13H16FNO. The summed E-state index contributed by atoms with van der Waals surface area (Å²) in [7, 11) is 3.77. The molecule has 0 radical (unpaired) electrons. The third kappa shape index (κ3) is 3.50. The van der Waals surface area contributed by atoms with E-state index in [1.165, 1.54) is 19.1 Å². The van der Waals surface area contributed by atoms with Gasteiger partial charge in [-0.3, -0.25) is 4.79 Å². The Bertz CT molecular complexity index is 381. The highest BCUT2D eigenvalue weighted by Gasteiger charge is 2.13. The van der Waals surface area contributed by atoms with E-state index in [-0.39, 0.29) is 17.5 Å². The maximum Gasteiger partial charge on any atom is 0.141 e. The molecule has 0 spiro atoms. The number of benzene rings is 1. The largest absolute Gasteiger partial charge is 0.384 e. The lowest BCUT2D eigenvalue weighted by molar-refractivity contribution is -0.117. The lowest BCUT2D eigenvalue weighted by Crippen LogP contribution is -2.08. The molecule has 1 aromatic carbocycles. The first-order valence-corrected chi connectivity index (χ1v) is 5.11. The molecular weight excluding hydrogens is 205 g/mol. The quantitative estimate of drug-likeness (QED) is 0.778. The molecule has 86 valence electrons. The molecule has 1 rings (SSSR count). The highest BCUT2D eigenvalue weighted by molar-refractivity contribution is 5.85. The third-order valence-electron chi connectivity index (χ3n) is 2.24. The molecule has 0 bridgehead atoms. The number of rotatable bonds is 4. The van der Waals surface area contributed by atoms with Crippen molar-refractivity contribution in [2.75, 3.05) is 14.1 Å². The average molecular weight is 221 g/mol. The molecule has 0 amide bonds. The van der Waals surface area contributed by atoms with Crippen molar-refractivity contribution in [3.05, 3.63) is 47.9 Å². The molecule has 16 heavy (non-hydrogen) atoms. The van der Waals surface area contributed by atoms with Crippen LogP contribution < -0.4 is 0 Å². The first-order valence-electron chi connectivity index (χ1n) is 5.11. The minimum Gasteiger partial charge on any atom is -0.384 e. The zero-order valence-corrected chi connectivity index (χ0v) is 9.77. The van der Waals surface area contributed by atoms with Gasteiger partial charge in [0.1, 0.15) is 11.6 Å². The number of nitrogens with zero attached hydrogens (tertiary/aromatic N) is 1. The van der Waals surface area contributed by atoms with Crippen LogP contribution in [0.15, 0.2) is 36.5 Å². The monoisotopic (exact) mass is 221 g/mol. The normalized spacial score (nSPS) is 12.8. The number of hydrogen-bond donors (Lipinski definition) is 0. The molecule has 2 nitrogen and oxygen atoms in total. The van der Waals surface area contributed by atoms with Crippen LogP contribution in [0.2, 0.25) is 0 Å². The fraction of sp³-hybridized carbons (Fsp3) is 0.308. The Morgan fingerprint density at radius 2 is 1.88 bits per heavy atom. The molecule has 0 aromatic heterocycles. The van der Waals surface area contributed by atoms with E-state index in [0.717, 1.165) is 5.56 Å². The van der Waals surface area contributed by atoms with Crippen molar-refractivity contribution in [1.29, 1.82) is 0 Å². The van der Waals surface area contributed by atoms with Gasteiger partial charge in [0.15, 0.2) is 0 Å². The van der Waals surface area contributed by atoms with Crippen molar-refractivity contribution in [2.24, 2.45) is 0 Å². The van der Waals surface area contributed by atoms with Crippen molar-refractivity contribution in [3.63, 3.8) is 0 Å². The zero-order chi connectivity index (χ0) is 12.1. The summed E-state index contributed by atoms with van der Waals surface area (Å²) in [6.45, 7) is 1.54. The van der Waals surface area contributed by atoms with Gasteiger partial charge < -0.3 is 4.90 Å². The third-order valence-corrected chi connectivity index (χ3v) is 2.24. The van der Waals surface area contributed by atoms with E-state index in [4.69, 9.17) is 0 Å². The molecule has 0 N–H and O–H groups in total. The number of ketones is 1. The summed E-state index contributed by atoms with van der Waals surface area (Å²) in [6, 6.07) is 6.02. The van der Waals surface area contributed by atoms with Crippen molar-refractivity contribution < 1.29 is 9.18 Å². The van der Waals surface area contributed by atoms with E-state index >= 15 is 0 Å². The summed E-state index contributed by atoms with van der Waals surface area (Å²) in [5.41, 5.74) is 0.812. The van der Waals surface area contributed by atoms with E-state index < -0.39 is 0 Å². The first kappa shape index (κ1) is 12.4. The smallest absolute Gasteiger partial charge is 0.141 e. The fourth-order valence-corrected chi connectivity index (χ4v) is 1.41. The Hall–Kier alpha value is -1.64. The Labute approximate surface area is 95.4 Å². The van der Waals surface area contributed by atoms with Crippen LogP contribution >= 0.6 is 0 Å². The highest BCUT2D eigenvalue weighted by Crippen LogP contribution is 2.19. The molecule has 0 saturated heterocycles. The zero-order valence-electron chi connectivity index (χ0n) is 9.77. The predicted octanol–water partition coefficient (Wildman–Crippen LogP) is 2.57. The van der Waals surface area contributed by atoms with Gasteiger partial charge in [-0.1, -0.05) is 18.2 Å². The molecule has 0 heterocycles. The SMILES string of the molecule is CC(=O)C(C=CN(C)C)c1ccc(F)cc1. The van der Waals surface area contributed by atoms with Crippen molar-refractivity contribution in [1.82, 2.24) is 4.90 Å². The summed E-state index contributed by atoms with van der Waals surface area (Å²) >= 11 is 0. The maximum atomic E-state index is 12.8. The fourth-order valence-electron chi connectivity index (χ4n) is 1.41. The Morgan fingerprint density at radius 3 is 2.31 bits per heavy atom. The van der Waals surface area contributed by atoms with E-state index in [1.807, 2.05) is 31.3 Å². The number of allylic oxidation sites excluding steroid dienone is 1. The molecule has 3 heteroatoms. The second-order valence-electron chi connectivity index (χ2n) is 3.95. The second kappa shape index (κ2) is 5.45. The van der Waals surface area contributed by atoms with Crippen LogP contribution in [0.5, 0.6) is 0 Å². The van der Waals surface area contributed by atoms with E-state index in [0.29, 0.717) is 0 Å². The molecule has 0 aliphatic carbocycles. The number of carbonyl (C=O) groups excluding carboxylic acids is 1. The summed E-state index contributed by atoms with van der Waals surface area (Å²) in [4.78, 5) is 13.3. The van der Waals surface area contributed by atoms with Crippen LogP contribution in [0, 0.1) is 5.82 Å². The van der Waals surface area contributed by atoms with Gasteiger partial charge in [0, 0.05) is 14.1 Å². The van der Waals surface area contributed by atoms with Gasteiger partial charge in [-0.2, -0.15) is 0 Å². The minimum absolute atomic E-state index is 0.0460. The van der Waals surface area contributed by atoms with Crippen LogP contribution in [-0.2, 0) is 4.79 Å². The first-order chi connectivity index (χ1) is 7.50. The van der Waals surface area contributed by atoms with Crippen molar-refractivity contribution >= 4 is 5.78 Å². The summed E-state index contributed by atoms with van der Waals surface area (Å²) in [6.07, 6.45) is 3.64. The molecule has 1 aromatic rings. The molecule has 0 saturated carbocycles. The number of Topliss-reactive ketones (excluding diaryl/α,β-unsaturated/α-hetero) is 1. The topological polar surface area (TPSA) is 20.3 Å². The van der Waals surface area contributed by atoms with Crippen molar-refractivity contribution in [3.8, 4) is 0 Å². The second-order valence-corrected chi connectivity index (χ2v) is 3.95. The molecule has 0 aliphatic rings. The molecule has 0 aliphatic heterocycles. The van der Waals surface area contributed by atoms with E-state index in [1.54, 1.807) is 12.1 Å². The van der Waals surface area contributed by atoms with Gasteiger partial charge in [0.25, 0.3) is 0 Å². The predicted molar refractivity (Wildman–Crippen MR) is 62.6 cm³/mol. The van der Waals surface area contributed by atoms with Gasteiger partial charge in [0.05, 0.1) is 5.92 Å². The maximum absolute atomic E-state index is 12.8. The Balaban J connectivity index is 2.94. The molecule has 1 atom stereocenters. The van der Waals surface area contributed by atoms with Gasteiger partial charge in [0.2, 0.25) is 0 Å². The summed E-state index contributed by atoms with van der Waals surface area (Å²) < 4.78 is 12.8. The lowest BCUT2D eigenvalue weighted by Gasteiger charge is -2.11. The Morgan fingerprint density at radius 1 is 1.31 bits per heavy atom. The Kier molecular flexibility index (Phi) is 4.23. The molecule has 1 unspecified atom stereocenters. The molecule has 0 fully saturated rings. The van der Waals surface area contributed by atoms with Gasteiger partial charge in [-0.25, -0.2) is 4.39 Å². The van der Waals surface area contributed by atoms with E-state index in [2.05, 4.69) is 0 Å². The summed E-state index contributed by atoms with van der Waals surface area (Å²) in [5, 5.41) is 0. The van der Waals surface area contributed by atoms with Crippen LogP contribution in [0.3, 0.4) is 0 Å². The van der Waals surface area contributed by atoms with Crippen LogP contribution in [-0.4, -0.2) is 24.8 Å². The van der Waals surface area contributed by atoms with E-state index in [9.17, 15) is 9.18 Å². The van der Waals surface area contributed by atoms with Gasteiger partial charge in [-0.05, 0) is 30.8 Å². The number of carbonyl (C=O) groups is 1. The van der Waals surface area contributed by atoms with Gasteiger partial charge >= 0.3 is 0 Å². The van der Waals surface area contributed by atoms with Crippen molar-refractivity contribution in [2.45, 2.75) is 12.8 Å². The van der Waals surface area contributed by atoms with Crippen LogP contribution in [0.25, 0.3) is 0 Å². The minimum atomic E-state index is -0.303.